The molecule has 0 saturated carbocycles. The fourth-order valence-electron chi connectivity index (χ4n) is 1.02. The lowest BCUT2D eigenvalue weighted by Crippen LogP contribution is -2.17. The van der Waals surface area contributed by atoms with Gasteiger partial charge in [0.25, 0.3) is 5.91 Å². The summed E-state index contributed by atoms with van der Waals surface area (Å²) in [6.07, 6.45) is -0.200. The van der Waals surface area contributed by atoms with Crippen LogP contribution in [0.3, 0.4) is 0 Å². The molecule has 1 aromatic heterocycles. The lowest BCUT2D eigenvalue weighted by Gasteiger charge is -2.02. The van der Waals surface area contributed by atoms with Crippen LogP contribution in [-0.2, 0) is 9.59 Å². The fourth-order valence-corrected chi connectivity index (χ4v) is 1.72. The Kier molecular flexibility index (Phi) is 3.56. The maximum Gasteiger partial charge on any atom is 0.260 e. The SMILES string of the molecule is CC(=O)CC(=O)Nc1ccsc1C(N)=O. The predicted octanol–water partition coefficient (Wildman–Crippen LogP) is 0.765. The minimum Gasteiger partial charge on any atom is -0.365 e. The molecule has 0 aliphatic rings. The van der Waals surface area contributed by atoms with Crippen molar-refractivity contribution in [2.24, 2.45) is 5.73 Å². The molecule has 0 spiro atoms. The lowest BCUT2D eigenvalue weighted by atomic mass is 10.3. The molecular formula is C9H10N2O3S. The van der Waals surface area contributed by atoms with E-state index in [9.17, 15) is 14.4 Å². The molecule has 2 amide bonds. The van der Waals surface area contributed by atoms with Crippen molar-refractivity contribution in [3.63, 3.8) is 0 Å². The molecule has 1 aromatic rings. The van der Waals surface area contributed by atoms with Gasteiger partial charge in [-0.3, -0.25) is 14.4 Å². The normalized spacial score (nSPS) is 9.67. The molecule has 80 valence electrons. The smallest absolute Gasteiger partial charge is 0.260 e. The highest BCUT2D eigenvalue weighted by molar-refractivity contribution is 7.12. The summed E-state index contributed by atoms with van der Waals surface area (Å²) < 4.78 is 0. The maximum absolute atomic E-state index is 11.2. The number of anilines is 1. The first-order chi connectivity index (χ1) is 7.00. The number of thiophene rings is 1. The minimum atomic E-state index is -0.594. The molecule has 0 bridgehead atoms. The second-order valence-electron chi connectivity index (χ2n) is 2.95. The van der Waals surface area contributed by atoms with Gasteiger partial charge < -0.3 is 11.1 Å². The molecular weight excluding hydrogens is 216 g/mol. The van der Waals surface area contributed by atoms with Crippen LogP contribution < -0.4 is 11.1 Å². The van der Waals surface area contributed by atoms with Crippen LogP contribution in [-0.4, -0.2) is 17.6 Å². The van der Waals surface area contributed by atoms with Gasteiger partial charge in [-0.15, -0.1) is 11.3 Å². The van der Waals surface area contributed by atoms with Crippen LogP contribution in [0.1, 0.15) is 23.0 Å². The zero-order chi connectivity index (χ0) is 11.4. The molecule has 0 aromatic carbocycles. The standard InChI is InChI=1S/C9H10N2O3S/c1-5(12)4-7(13)11-6-2-3-15-8(6)9(10)14/h2-3H,4H2,1H3,(H2,10,14)(H,11,13). The van der Waals surface area contributed by atoms with E-state index in [1.165, 1.54) is 6.92 Å². The molecule has 0 aliphatic carbocycles. The topological polar surface area (TPSA) is 89.3 Å². The van der Waals surface area contributed by atoms with Gasteiger partial charge in [-0.1, -0.05) is 0 Å². The highest BCUT2D eigenvalue weighted by atomic mass is 32.1. The van der Waals surface area contributed by atoms with E-state index in [1.807, 2.05) is 0 Å². The Morgan fingerprint density at radius 2 is 2.13 bits per heavy atom. The van der Waals surface area contributed by atoms with Gasteiger partial charge in [-0.25, -0.2) is 0 Å². The zero-order valence-electron chi connectivity index (χ0n) is 8.07. The van der Waals surface area contributed by atoms with E-state index in [2.05, 4.69) is 5.32 Å². The number of amides is 2. The van der Waals surface area contributed by atoms with Crippen LogP contribution in [0.15, 0.2) is 11.4 Å². The van der Waals surface area contributed by atoms with Crippen LogP contribution in [0, 0.1) is 0 Å². The Labute approximate surface area is 90.3 Å². The van der Waals surface area contributed by atoms with Crippen molar-refractivity contribution in [3.8, 4) is 0 Å². The van der Waals surface area contributed by atoms with Crippen molar-refractivity contribution >= 4 is 34.6 Å². The van der Waals surface area contributed by atoms with Crippen molar-refractivity contribution in [2.75, 3.05) is 5.32 Å². The van der Waals surface area contributed by atoms with Crippen LogP contribution in [0.2, 0.25) is 0 Å². The van der Waals surface area contributed by atoms with E-state index in [-0.39, 0.29) is 17.1 Å². The first kappa shape index (κ1) is 11.4. The third kappa shape index (κ3) is 3.17. The quantitative estimate of drug-likeness (QED) is 0.743. The molecule has 0 radical (unpaired) electrons. The van der Waals surface area contributed by atoms with Crippen molar-refractivity contribution in [2.45, 2.75) is 13.3 Å². The van der Waals surface area contributed by atoms with E-state index in [4.69, 9.17) is 5.73 Å². The van der Waals surface area contributed by atoms with Crippen molar-refractivity contribution < 1.29 is 14.4 Å². The van der Waals surface area contributed by atoms with Crippen LogP contribution in [0.5, 0.6) is 0 Å². The molecule has 1 heterocycles. The first-order valence-corrected chi connectivity index (χ1v) is 5.05. The number of hydrogen-bond donors (Lipinski definition) is 2. The van der Waals surface area contributed by atoms with E-state index in [1.54, 1.807) is 11.4 Å². The van der Waals surface area contributed by atoms with Gasteiger partial charge in [-0.2, -0.15) is 0 Å². The van der Waals surface area contributed by atoms with Gasteiger partial charge in [0, 0.05) is 0 Å². The number of hydrogen-bond acceptors (Lipinski definition) is 4. The van der Waals surface area contributed by atoms with Gasteiger partial charge in [-0.05, 0) is 18.4 Å². The highest BCUT2D eigenvalue weighted by Gasteiger charge is 2.13. The zero-order valence-corrected chi connectivity index (χ0v) is 8.89. The number of Topliss-reactive ketones (excluding diaryl/α,β-unsaturated/α-hetero) is 1. The Morgan fingerprint density at radius 3 is 2.67 bits per heavy atom. The number of carbonyl (C=O) groups excluding carboxylic acids is 3. The number of carbonyl (C=O) groups is 3. The average Bonchev–Trinajstić information content (AvgIpc) is 2.50. The summed E-state index contributed by atoms with van der Waals surface area (Å²) in [5, 5.41) is 4.10. The summed E-state index contributed by atoms with van der Waals surface area (Å²) >= 11 is 1.14. The van der Waals surface area contributed by atoms with Gasteiger partial charge in [0.1, 0.15) is 10.7 Å². The summed E-state index contributed by atoms with van der Waals surface area (Å²) in [5.41, 5.74) is 5.45. The predicted molar refractivity (Wildman–Crippen MR) is 56.8 cm³/mol. The highest BCUT2D eigenvalue weighted by Crippen LogP contribution is 2.21. The molecule has 0 atom stereocenters. The number of rotatable bonds is 4. The van der Waals surface area contributed by atoms with Crippen LogP contribution in [0.4, 0.5) is 5.69 Å². The molecule has 0 fully saturated rings. The summed E-state index contributed by atoms with van der Waals surface area (Å²) in [4.78, 5) is 33.1. The molecule has 15 heavy (non-hydrogen) atoms. The van der Waals surface area contributed by atoms with E-state index < -0.39 is 11.8 Å². The Hall–Kier alpha value is -1.69. The minimum absolute atomic E-state index is 0.200. The number of nitrogens with two attached hydrogens (primary N) is 1. The van der Waals surface area contributed by atoms with Crippen LogP contribution >= 0.6 is 11.3 Å². The van der Waals surface area contributed by atoms with E-state index in [0.717, 1.165) is 11.3 Å². The molecule has 3 N–H and O–H groups in total. The molecule has 6 heteroatoms. The molecule has 0 unspecified atom stereocenters. The van der Waals surface area contributed by atoms with Gasteiger partial charge in [0.05, 0.1) is 12.1 Å². The third-order valence-electron chi connectivity index (χ3n) is 1.57. The average molecular weight is 226 g/mol. The Balaban J connectivity index is 2.72. The molecule has 5 nitrogen and oxygen atoms in total. The molecule has 1 rings (SSSR count). The largest absolute Gasteiger partial charge is 0.365 e. The van der Waals surface area contributed by atoms with Crippen molar-refractivity contribution in [1.29, 1.82) is 0 Å². The second kappa shape index (κ2) is 4.70. The fraction of sp³-hybridized carbons (Fsp3) is 0.222. The van der Waals surface area contributed by atoms with Gasteiger partial charge in [0.2, 0.25) is 5.91 Å². The Morgan fingerprint density at radius 1 is 1.47 bits per heavy atom. The molecule has 0 aliphatic heterocycles. The summed E-state index contributed by atoms with van der Waals surface area (Å²) in [6, 6.07) is 1.57. The van der Waals surface area contributed by atoms with Crippen LogP contribution in [0.25, 0.3) is 0 Å². The third-order valence-corrected chi connectivity index (χ3v) is 2.50. The van der Waals surface area contributed by atoms with E-state index >= 15 is 0 Å². The van der Waals surface area contributed by atoms with Gasteiger partial charge >= 0.3 is 0 Å². The maximum atomic E-state index is 11.2. The summed E-state index contributed by atoms with van der Waals surface area (Å²) in [7, 11) is 0. The lowest BCUT2D eigenvalue weighted by molar-refractivity contribution is -0.124. The van der Waals surface area contributed by atoms with E-state index in [0.29, 0.717) is 5.69 Å². The van der Waals surface area contributed by atoms with Gasteiger partial charge in [0.15, 0.2) is 0 Å². The second-order valence-corrected chi connectivity index (χ2v) is 3.87. The monoisotopic (exact) mass is 226 g/mol. The van der Waals surface area contributed by atoms with Crippen molar-refractivity contribution in [3.05, 3.63) is 16.3 Å². The number of ketones is 1. The Bertz CT molecular complexity index is 411. The number of primary amides is 1. The van der Waals surface area contributed by atoms with Crippen molar-refractivity contribution in [1.82, 2.24) is 0 Å². The summed E-state index contributed by atoms with van der Waals surface area (Å²) in [6.45, 7) is 1.32. The summed E-state index contributed by atoms with van der Waals surface area (Å²) in [5.74, 6) is -1.27. The number of nitrogens with one attached hydrogen (secondary N) is 1. The first-order valence-electron chi connectivity index (χ1n) is 4.17. The molecule has 0 saturated heterocycles.